The summed E-state index contributed by atoms with van der Waals surface area (Å²) in [6.45, 7) is 0. The van der Waals surface area contributed by atoms with Crippen LogP contribution in [0, 0.1) is 0 Å². The van der Waals surface area contributed by atoms with Crippen molar-refractivity contribution in [2.75, 3.05) is 0 Å². The molecule has 2 aromatic rings. The fourth-order valence-electron chi connectivity index (χ4n) is 2.01. The van der Waals surface area contributed by atoms with Crippen LogP contribution >= 0.6 is 23.5 Å². The van der Waals surface area contributed by atoms with Gasteiger partial charge >= 0.3 is 0 Å². The first-order chi connectivity index (χ1) is 8.72. The number of rotatable bonds is 2. The van der Waals surface area contributed by atoms with Crippen LogP contribution in [0.4, 0.5) is 0 Å². The summed E-state index contributed by atoms with van der Waals surface area (Å²) in [4.78, 5) is 2.19. The molecule has 18 heavy (non-hydrogen) atoms. The zero-order valence-electron chi connectivity index (χ0n) is 9.48. The summed E-state index contributed by atoms with van der Waals surface area (Å²) in [7, 11) is 0. The highest BCUT2D eigenvalue weighted by Crippen LogP contribution is 2.62. The van der Waals surface area contributed by atoms with E-state index >= 15 is 0 Å². The van der Waals surface area contributed by atoms with Crippen molar-refractivity contribution in [2.24, 2.45) is 0 Å². The molecule has 92 valence electrons. The highest BCUT2D eigenvalue weighted by Gasteiger charge is 2.46. The summed E-state index contributed by atoms with van der Waals surface area (Å²) in [5.41, 5.74) is 0.922. The zero-order chi connectivity index (χ0) is 12.6. The number of aliphatic hydroxyl groups is 2. The van der Waals surface area contributed by atoms with Gasteiger partial charge in [-0.1, -0.05) is 66.0 Å². The molecule has 2 aromatic carbocycles. The minimum Gasteiger partial charge on any atom is -0.366 e. The Morgan fingerprint density at radius 3 is 1.78 bits per heavy atom. The largest absolute Gasteiger partial charge is 0.366 e. The Hall–Kier alpha value is -0.940. The first-order valence-electron chi connectivity index (χ1n) is 5.61. The number of hydrogen-bond donors (Lipinski definition) is 2. The maximum absolute atomic E-state index is 9.84. The van der Waals surface area contributed by atoms with Crippen LogP contribution in [-0.2, 0) is 4.08 Å². The predicted molar refractivity (Wildman–Crippen MR) is 74.5 cm³/mol. The second kappa shape index (κ2) is 4.63. The van der Waals surface area contributed by atoms with Crippen molar-refractivity contribution >= 4 is 23.5 Å². The van der Waals surface area contributed by atoms with Crippen molar-refractivity contribution in [3.63, 3.8) is 0 Å². The van der Waals surface area contributed by atoms with Crippen molar-refractivity contribution in [1.82, 2.24) is 0 Å². The molecule has 0 unspecified atom stereocenters. The van der Waals surface area contributed by atoms with Crippen molar-refractivity contribution in [1.29, 1.82) is 0 Å². The van der Waals surface area contributed by atoms with E-state index < -0.39 is 10.4 Å². The third-order valence-corrected chi connectivity index (χ3v) is 6.17. The molecule has 0 saturated carbocycles. The molecule has 0 aliphatic carbocycles. The number of thioether (sulfide) groups is 2. The predicted octanol–water partition coefficient (Wildman–Crippen LogP) is 3.05. The molecule has 0 aromatic heterocycles. The monoisotopic (exact) mass is 276 g/mol. The van der Waals surface area contributed by atoms with Crippen molar-refractivity contribution in [2.45, 2.75) is 20.2 Å². The molecule has 2 N–H and O–H groups in total. The van der Waals surface area contributed by atoms with Crippen molar-refractivity contribution in [3.8, 4) is 0 Å². The highest BCUT2D eigenvalue weighted by atomic mass is 32.2. The number of aliphatic hydroxyl groups excluding tert-OH is 1. The average molecular weight is 276 g/mol. The molecule has 2 nitrogen and oxygen atoms in total. The molecule has 0 atom stereocenters. The Morgan fingerprint density at radius 1 is 0.778 bits per heavy atom. The van der Waals surface area contributed by atoms with Crippen LogP contribution in [0.5, 0.6) is 0 Å². The van der Waals surface area contributed by atoms with Crippen LogP contribution in [0.2, 0.25) is 0 Å². The van der Waals surface area contributed by atoms with Gasteiger partial charge in [0.1, 0.15) is 4.08 Å². The van der Waals surface area contributed by atoms with Crippen LogP contribution in [0.1, 0.15) is 5.56 Å². The maximum Gasteiger partial charge on any atom is 0.180 e. The van der Waals surface area contributed by atoms with Gasteiger partial charge in [-0.25, -0.2) is 0 Å². The van der Waals surface area contributed by atoms with E-state index in [0.29, 0.717) is 0 Å². The normalized spacial score (nSPS) is 16.8. The average Bonchev–Trinajstić information content (AvgIpc) is 2.80. The molecule has 4 heteroatoms. The van der Waals surface area contributed by atoms with Gasteiger partial charge in [0, 0.05) is 9.79 Å². The van der Waals surface area contributed by atoms with Gasteiger partial charge in [0.15, 0.2) is 6.29 Å². The summed E-state index contributed by atoms with van der Waals surface area (Å²) in [5.74, 6) is 0. The summed E-state index contributed by atoms with van der Waals surface area (Å²) < 4.78 is -0.759. The molecule has 0 amide bonds. The number of hydrogen-bond acceptors (Lipinski definition) is 4. The van der Waals surface area contributed by atoms with Gasteiger partial charge in [-0.05, 0) is 17.7 Å². The third kappa shape index (κ3) is 1.86. The minimum atomic E-state index is -1.41. The van der Waals surface area contributed by atoms with Crippen LogP contribution in [0.15, 0.2) is 64.4 Å². The topological polar surface area (TPSA) is 40.5 Å². The smallest absolute Gasteiger partial charge is 0.180 e. The van der Waals surface area contributed by atoms with Crippen LogP contribution < -0.4 is 0 Å². The summed E-state index contributed by atoms with van der Waals surface area (Å²) in [6, 6.07) is 17.6. The minimum absolute atomic E-state index is 0.759. The van der Waals surface area contributed by atoms with E-state index in [4.69, 9.17) is 0 Å². The molecule has 1 aliphatic heterocycles. The third-order valence-electron chi connectivity index (χ3n) is 2.89. The van der Waals surface area contributed by atoms with Gasteiger partial charge in [0.25, 0.3) is 0 Å². The molecule has 0 fully saturated rings. The van der Waals surface area contributed by atoms with Gasteiger partial charge in [-0.3, -0.25) is 0 Å². The Labute approximate surface area is 114 Å². The standard InChI is InChI=1S/C14H12O2S2/c15-13(16)14(10-6-2-1-3-7-10)17-11-8-4-5-9-12(11)18-14/h1-9,13,15-16H. The molecule has 1 aliphatic rings. The Morgan fingerprint density at radius 2 is 1.28 bits per heavy atom. The van der Waals surface area contributed by atoms with Gasteiger partial charge < -0.3 is 10.2 Å². The van der Waals surface area contributed by atoms with E-state index in [1.807, 2.05) is 54.6 Å². The van der Waals surface area contributed by atoms with Crippen LogP contribution in [0.3, 0.4) is 0 Å². The molecular formula is C14H12O2S2. The lowest BCUT2D eigenvalue weighted by Crippen LogP contribution is -2.31. The van der Waals surface area contributed by atoms with Crippen LogP contribution in [-0.4, -0.2) is 16.5 Å². The Balaban J connectivity index is 2.08. The summed E-state index contributed by atoms with van der Waals surface area (Å²) >= 11 is 3.02. The molecule has 0 saturated heterocycles. The second-order valence-electron chi connectivity index (χ2n) is 4.06. The lowest BCUT2D eigenvalue weighted by Gasteiger charge is -2.29. The first kappa shape index (κ1) is 12.1. The van der Waals surface area contributed by atoms with E-state index in [1.54, 1.807) is 0 Å². The molecule has 3 rings (SSSR count). The van der Waals surface area contributed by atoms with Crippen LogP contribution in [0.25, 0.3) is 0 Å². The molecule has 0 spiro atoms. The molecule has 1 heterocycles. The second-order valence-corrected chi connectivity index (χ2v) is 6.89. The highest BCUT2D eigenvalue weighted by molar-refractivity contribution is 8.20. The quantitative estimate of drug-likeness (QED) is 0.827. The van der Waals surface area contributed by atoms with Crippen molar-refractivity contribution in [3.05, 3.63) is 60.2 Å². The van der Waals surface area contributed by atoms with Gasteiger partial charge in [-0.2, -0.15) is 0 Å². The fraction of sp³-hybridized carbons (Fsp3) is 0.143. The summed E-state index contributed by atoms with van der Waals surface area (Å²) in [6.07, 6.45) is -1.41. The number of fused-ring (bicyclic) bond motifs is 1. The lowest BCUT2D eigenvalue weighted by atomic mass is 10.1. The molecule has 0 bridgehead atoms. The summed E-state index contributed by atoms with van der Waals surface area (Å²) in [5, 5.41) is 19.7. The van der Waals surface area contributed by atoms with Gasteiger partial charge in [0.2, 0.25) is 0 Å². The van der Waals surface area contributed by atoms with Crippen molar-refractivity contribution < 1.29 is 10.2 Å². The maximum atomic E-state index is 9.84. The lowest BCUT2D eigenvalue weighted by molar-refractivity contribution is -0.0487. The Bertz CT molecular complexity index is 530. The van der Waals surface area contributed by atoms with E-state index in [9.17, 15) is 10.2 Å². The van der Waals surface area contributed by atoms with Gasteiger partial charge in [-0.15, -0.1) is 0 Å². The number of benzene rings is 2. The molecule has 0 radical (unpaired) electrons. The van der Waals surface area contributed by atoms with E-state index in [2.05, 4.69) is 0 Å². The first-order valence-corrected chi connectivity index (χ1v) is 7.24. The fourth-order valence-corrected chi connectivity index (χ4v) is 4.97. The SMILES string of the molecule is OC(O)C1(c2ccccc2)Sc2ccccc2S1. The zero-order valence-corrected chi connectivity index (χ0v) is 11.1. The van der Waals surface area contributed by atoms with E-state index in [-0.39, 0.29) is 0 Å². The van der Waals surface area contributed by atoms with Gasteiger partial charge in [0.05, 0.1) is 0 Å². The molecular weight excluding hydrogens is 264 g/mol. The Kier molecular flexibility index (Phi) is 3.11. The van der Waals surface area contributed by atoms with E-state index in [1.165, 1.54) is 23.5 Å². The van der Waals surface area contributed by atoms with E-state index in [0.717, 1.165) is 15.4 Å².